The summed E-state index contributed by atoms with van der Waals surface area (Å²) in [6.45, 7) is 0. The first-order valence-corrected chi connectivity index (χ1v) is 7.07. The number of rotatable bonds is 2. The number of phenols is 1. The Kier molecular flexibility index (Phi) is 2.68. The van der Waals surface area contributed by atoms with Gasteiger partial charge < -0.3 is 10.1 Å². The maximum Gasteiger partial charge on any atom is 0.126 e. The zero-order valence-electron chi connectivity index (χ0n) is 11.5. The number of aromatic amines is 1. The second-order valence-electron chi connectivity index (χ2n) is 5.33. The molecule has 3 aromatic carbocycles. The molecule has 0 radical (unpaired) electrons. The minimum atomic E-state index is 0.387. The highest BCUT2D eigenvalue weighted by molar-refractivity contribution is 5.90. The van der Waals surface area contributed by atoms with Gasteiger partial charge in [-0.15, -0.1) is 0 Å². The van der Waals surface area contributed by atoms with Crippen LogP contribution in [0.2, 0.25) is 0 Å². The fraction of sp³-hybridized carbons (Fsp3) is 0.0526. The number of aromatic hydroxyl groups is 1. The van der Waals surface area contributed by atoms with Crippen molar-refractivity contribution in [1.82, 2.24) is 4.98 Å². The lowest BCUT2D eigenvalue weighted by atomic mass is 9.99. The summed E-state index contributed by atoms with van der Waals surface area (Å²) < 4.78 is 0. The molecule has 0 amide bonds. The van der Waals surface area contributed by atoms with E-state index in [0.29, 0.717) is 5.75 Å². The van der Waals surface area contributed by atoms with Crippen molar-refractivity contribution in [2.24, 2.45) is 0 Å². The molecule has 0 bridgehead atoms. The van der Waals surface area contributed by atoms with E-state index in [9.17, 15) is 5.11 Å². The molecule has 21 heavy (non-hydrogen) atoms. The second-order valence-corrected chi connectivity index (χ2v) is 5.33. The van der Waals surface area contributed by atoms with E-state index < -0.39 is 0 Å². The first-order valence-electron chi connectivity index (χ1n) is 7.07. The van der Waals surface area contributed by atoms with E-state index in [2.05, 4.69) is 23.2 Å². The van der Waals surface area contributed by atoms with E-state index in [0.717, 1.165) is 28.3 Å². The summed E-state index contributed by atoms with van der Waals surface area (Å²) in [5.41, 5.74) is 3.29. The van der Waals surface area contributed by atoms with E-state index in [-0.39, 0.29) is 0 Å². The molecule has 1 aromatic heterocycles. The Morgan fingerprint density at radius 2 is 1.52 bits per heavy atom. The van der Waals surface area contributed by atoms with Gasteiger partial charge in [0.2, 0.25) is 0 Å². The molecule has 0 saturated heterocycles. The third kappa shape index (κ3) is 1.96. The molecule has 102 valence electrons. The summed E-state index contributed by atoms with van der Waals surface area (Å²) in [7, 11) is 0. The van der Waals surface area contributed by atoms with Crippen molar-refractivity contribution in [1.29, 1.82) is 0 Å². The molecule has 4 aromatic rings. The van der Waals surface area contributed by atoms with Crippen LogP contribution in [0.4, 0.5) is 0 Å². The van der Waals surface area contributed by atoms with E-state index >= 15 is 0 Å². The lowest BCUT2D eigenvalue weighted by Gasteiger charge is -2.07. The number of H-pyrrole nitrogens is 1. The number of aromatic nitrogens is 1. The van der Waals surface area contributed by atoms with Gasteiger partial charge in [-0.3, -0.25) is 0 Å². The molecule has 2 nitrogen and oxygen atoms in total. The Balaban J connectivity index is 1.82. The van der Waals surface area contributed by atoms with E-state index in [1.54, 1.807) is 0 Å². The number of hydrogen-bond donors (Lipinski definition) is 2. The zero-order valence-corrected chi connectivity index (χ0v) is 11.5. The zero-order chi connectivity index (χ0) is 14.2. The summed E-state index contributed by atoms with van der Waals surface area (Å²) in [5, 5.41) is 13.7. The first kappa shape index (κ1) is 12.0. The number of fused-ring (bicyclic) bond motifs is 2. The third-order valence-electron chi connectivity index (χ3n) is 4.04. The normalized spacial score (nSPS) is 11.2. The van der Waals surface area contributed by atoms with Crippen LogP contribution in [0.3, 0.4) is 0 Å². The highest BCUT2D eigenvalue weighted by Crippen LogP contribution is 2.31. The fourth-order valence-corrected chi connectivity index (χ4v) is 2.93. The molecule has 2 N–H and O–H groups in total. The number of hydrogen-bond acceptors (Lipinski definition) is 1. The van der Waals surface area contributed by atoms with Crippen LogP contribution < -0.4 is 0 Å². The smallest absolute Gasteiger partial charge is 0.126 e. The van der Waals surface area contributed by atoms with Gasteiger partial charge in [-0.2, -0.15) is 0 Å². The van der Waals surface area contributed by atoms with Crippen molar-refractivity contribution < 1.29 is 5.11 Å². The fourth-order valence-electron chi connectivity index (χ4n) is 2.93. The number of phenolic OH excluding ortho intramolecular Hbond substituents is 1. The average Bonchev–Trinajstić information content (AvgIpc) is 2.94. The number of nitrogens with one attached hydrogen (secondary N) is 1. The lowest BCUT2D eigenvalue weighted by molar-refractivity contribution is 0.476. The van der Waals surface area contributed by atoms with Crippen molar-refractivity contribution in [3.63, 3.8) is 0 Å². The molecule has 0 saturated carbocycles. The van der Waals surface area contributed by atoms with Crippen molar-refractivity contribution in [2.75, 3.05) is 0 Å². The Labute approximate surface area is 122 Å². The Bertz CT molecular complexity index is 937. The van der Waals surface area contributed by atoms with Gasteiger partial charge in [-0.1, -0.05) is 54.6 Å². The molecular weight excluding hydrogens is 258 g/mol. The maximum absolute atomic E-state index is 10.5. The van der Waals surface area contributed by atoms with Gasteiger partial charge in [-0.25, -0.2) is 0 Å². The van der Waals surface area contributed by atoms with E-state index in [1.807, 2.05) is 48.7 Å². The predicted octanol–water partition coefficient (Wildman–Crippen LogP) is 4.62. The maximum atomic E-state index is 10.5. The average molecular weight is 273 g/mol. The van der Waals surface area contributed by atoms with Gasteiger partial charge in [-0.05, 0) is 22.6 Å². The van der Waals surface area contributed by atoms with Gasteiger partial charge in [0.25, 0.3) is 0 Å². The van der Waals surface area contributed by atoms with Crippen LogP contribution in [0.15, 0.2) is 66.9 Å². The lowest BCUT2D eigenvalue weighted by Crippen LogP contribution is -1.88. The molecule has 0 unspecified atom stereocenters. The molecule has 0 spiro atoms. The molecule has 0 aliphatic rings. The van der Waals surface area contributed by atoms with Gasteiger partial charge in [0.15, 0.2) is 0 Å². The van der Waals surface area contributed by atoms with Crippen LogP contribution in [-0.2, 0) is 6.42 Å². The molecule has 1 heterocycles. The van der Waals surface area contributed by atoms with Crippen LogP contribution in [0.5, 0.6) is 5.75 Å². The Hall–Kier alpha value is -2.74. The topological polar surface area (TPSA) is 36.0 Å². The Morgan fingerprint density at radius 3 is 2.43 bits per heavy atom. The highest BCUT2D eigenvalue weighted by Gasteiger charge is 2.09. The van der Waals surface area contributed by atoms with Crippen molar-refractivity contribution in [3.8, 4) is 5.75 Å². The number of para-hydroxylation sites is 1. The van der Waals surface area contributed by atoms with E-state index in [4.69, 9.17) is 0 Å². The molecule has 0 atom stereocenters. The second kappa shape index (κ2) is 4.67. The summed E-state index contributed by atoms with van der Waals surface area (Å²) in [6.07, 6.45) is 2.75. The quantitative estimate of drug-likeness (QED) is 0.549. The summed E-state index contributed by atoms with van der Waals surface area (Å²) in [4.78, 5) is 3.28. The summed E-state index contributed by atoms with van der Waals surface area (Å²) in [6, 6.07) is 20.2. The first-order chi connectivity index (χ1) is 10.3. The summed E-state index contributed by atoms with van der Waals surface area (Å²) in [5.74, 6) is 0.387. The molecule has 2 heteroatoms. The van der Waals surface area contributed by atoms with E-state index in [1.165, 1.54) is 10.9 Å². The highest BCUT2D eigenvalue weighted by atomic mass is 16.3. The van der Waals surface area contributed by atoms with Gasteiger partial charge >= 0.3 is 0 Å². The standard InChI is InChI=1S/C19H15NO/c21-19-14(10-9-13-5-1-2-7-17(13)19)11-15-12-20-18-8-4-3-6-16(15)18/h1-10,12,20-21H,11H2. The van der Waals surface area contributed by atoms with Gasteiger partial charge in [0.1, 0.15) is 5.75 Å². The molecule has 0 aliphatic carbocycles. The van der Waals surface area contributed by atoms with Crippen molar-refractivity contribution >= 4 is 21.7 Å². The minimum Gasteiger partial charge on any atom is -0.507 e. The number of benzene rings is 3. The molecular formula is C19H15NO. The molecule has 4 rings (SSSR count). The minimum absolute atomic E-state index is 0.387. The van der Waals surface area contributed by atoms with Crippen LogP contribution in [-0.4, -0.2) is 10.1 Å². The largest absolute Gasteiger partial charge is 0.507 e. The third-order valence-corrected chi connectivity index (χ3v) is 4.04. The van der Waals surface area contributed by atoms with Crippen LogP contribution in [0.1, 0.15) is 11.1 Å². The predicted molar refractivity (Wildman–Crippen MR) is 86.7 cm³/mol. The van der Waals surface area contributed by atoms with Crippen LogP contribution in [0, 0.1) is 0 Å². The van der Waals surface area contributed by atoms with Crippen LogP contribution >= 0.6 is 0 Å². The monoisotopic (exact) mass is 273 g/mol. The molecule has 0 fully saturated rings. The molecule has 0 aliphatic heterocycles. The van der Waals surface area contributed by atoms with Gasteiger partial charge in [0, 0.05) is 28.9 Å². The van der Waals surface area contributed by atoms with Gasteiger partial charge in [0.05, 0.1) is 0 Å². The van der Waals surface area contributed by atoms with Crippen molar-refractivity contribution in [3.05, 3.63) is 78.0 Å². The van der Waals surface area contributed by atoms with Crippen molar-refractivity contribution in [2.45, 2.75) is 6.42 Å². The SMILES string of the molecule is Oc1c(Cc2c[nH]c3ccccc23)ccc2ccccc12. The van der Waals surface area contributed by atoms with Crippen LogP contribution in [0.25, 0.3) is 21.7 Å². The Morgan fingerprint density at radius 1 is 0.762 bits per heavy atom. The summed E-state index contributed by atoms with van der Waals surface area (Å²) >= 11 is 0.